The molecule has 3 heteroatoms. The third kappa shape index (κ3) is 11.9. The van der Waals surface area contributed by atoms with Gasteiger partial charge in [0.2, 0.25) is 0 Å². The van der Waals surface area contributed by atoms with Gasteiger partial charge in [0.15, 0.2) is 5.79 Å². The second-order valence-corrected chi connectivity index (χ2v) is 3.92. The molecule has 0 amide bonds. The summed E-state index contributed by atoms with van der Waals surface area (Å²) in [5.74, 6) is -1.50. The van der Waals surface area contributed by atoms with Crippen LogP contribution < -0.4 is 0 Å². The molecule has 0 bridgehead atoms. The summed E-state index contributed by atoms with van der Waals surface area (Å²) in [6.07, 6.45) is 5.73. The number of hydrogen-bond donors (Lipinski definition) is 2. The lowest BCUT2D eigenvalue weighted by Gasteiger charge is -2.04. The van der Waals surface area contributed by atoms with Crippen LogP contribution in [0.1, 0.15) is 46.5 Å². The molecule has 3 nitrogen and oxygen atoms in total. The Bertz CT molecular complexity index is 106. The van der Waals surface area contributed by atoms with E-state index in [9.17, 15) is 0 Å². The van der Waals surface area contributed by atoms with Crippen LogP contribution in [-0.2, 0) is 4.74 Å². The normalized spacial score (nSPS) is 22.4. The van der Waals surface area contributed by atoms with Gasteiger partial charge in [-0.1, -0.05) is 13.3 Å². The van der Waals surface area contributed by atoms with Crippen molar-refractivity contribution in [2.75, 3.05) is 6.61 Å². The van der Waals surface area contributed by atoms with E-state index in [2.05, 4.69) is 6.92 Å². The highest BCUT2D eigenvalue weighted by atomic mass is 16.5. The van der Waals surface area contributed by atoms with Crippen LogP contribution in [0.4, 0.5) is 0 Å². The Morgan fingerprint density at radius 3 is 2.23 bits per heavy atom. The van der Waals surface area contributed by atoms with E-state index in [-0.39, 0.29) is 0 Å². The lowest BCUT2D eigenvalue weighted by Crippen LogP contribution is -2.15. The molecule has 1 aliphatic rings. The largest absolute Gasteiger partial charge is 0.378 e. The minimum absolute atomic E-state index is 0.611. The number of rotatable bonds is 2. The van der Waals surface area contributed by atoms with E-state index < -0.39 is 5.79 Å². The first-order valence-corrected chi connectivity index (χ1v) is 5.00. The van der Waals surface area contributed by atoms with E-state index in [1.165, 1.54) is 39.5 Å². The highest BCUT2D eigenvalue weighted by molar-refractivity contribution is 4.62. The molecule has 1 unspecified atom stereocenters. The van der Waals surface area contributed by atoms with Gasteiger partial charge in [-0.05, 0) is 33.1 Å². The second kappa shape index (κ2) is 6.35. The quantitative estimate of drug-likeness (QED) is 0.651. The highest BCUT2D eigenvalue weighted by Crippen LogP contribution is 2.15. The predicted octanol–water partition coefficient (Wildman–Crippen LogP) is 1.67. The molecule has 1 atom stereocenters. The van der Waals surface area contributed by atoms with Crippen molar-refractivity contribution in [3.05, 3.63) is 0 Å². The van der Waals surface area contributed by atoms with Crippen LogP contribution in [0.5, 0.6) is 0 Å². The Morgan fingerprint density at radius 1 is 1.38 bits per heavy atom. The standard InChI is InChI=1S/C7H14O.C3H8O2/c1-2-4-7-5-3-6-8-7;1-3(2,4)5/h7H,2-6H2,1H3;4-5H,1-2H3. The van der Waals surface area contributed by atoms with Crippen LogP contribution in [0.3, 0.4) is 0 Å². The molecule has 0 saturated carbocycles. The molecule has 1 rings (SSSR count). The zero-order chi connectivity index (χ0) is 10.3. The summed E-state index contributed by atoms with van der Waals surface area (Å²) in [6, 6.07) is 0. The number of hydrogen-bond acceptors (Lipinski definition) is 3. The van der Waals surface area contributed by atoms with Gasteiger partial charge in [0.05, 0.1) is 6.10 Å². The van der Waals surface area contributed by atoms with E-state index >= 15 is 0 Å². The van der Waals surface area contributed by atoms with Gasteiger partial charge in [0.1, 0.15) is 0 Å². The Hall–Kier alpha value is -0.120. The predicted molar refractivity (Wildman–Crippen MR) is 52.4 cm³/mol. The van der Waals surface area contributed by atoms with Crippen LogP contribution in [0, 0.1) is 0 Å². The van der Waals surface area contributed by atoms with E-state index in [0.29, 0.717) is 6.10 Å². The van der Waals surface area contributed by atoms with Crippen molar-refractivity contribution in [1.82, 2.24) is 0 Å². The maximum absolute atomic E-state index is 8.08. The first-order chi connectivity index (χ1) is 5.93. The monoisotopic (exact) mass is 190 g/mol. The van der Waals surface area contributed by atoms with Crippen molar-refractivity contribution in [3.8, 4) is 0 Å². The van der Waals surface area contributed by atoms with Gasteiger partial charge in [0, 0.05) is 6.61 Å². The maximum Gasteiger partial charge on any atom is 0.156 e. The van der Waals surface area contributed by atoms with Crippen molar-refractivity contribution in [2.45, 2.75) is 58.3 Å². The smallest absolute Gasteiger partial charge is 0.156 e. The number of ether oxygens (including phenoxy) is 1. The highest BCUT2D eigenvalue weighted by Gasteiger charge is 2.12. The minimum atomic E-state index is -1.50. The number of aliphatic hydroxyl groups is 2. The van der Waals surface area contributed by atoms with Crippen LogP contribution in [0.25, 0.3) is 0 Å². The lowest BCUT2D eigenvalue weighted by atomic mass is 10.1. The summed E-state index contributed by atoms with van der Waals surface area (Å²) >= 11 is 0. The molecular formula is C10H22O3. The molecule has 0 aromatic heterocycles. The van der Waals surface area contributed by atoms with Crippen molar-refractivity contribution < 1.29 is 14.9 Å². The molecule has 0 aliphatic carbocycles. The molecule has 1 aliphatic heterocycles. The second-order valence-electron chi connectivity index (χ2n) is 3.92. The average molecular weight is 190 g/mol. The van der Waals surface area contributed by atoms with E-state index in [1.807, 2.05) is 0 Å². The Balaban J connectivity index is 0.000000252. The van der Waals surface area contributed by atoms with Crippen molar-refractivity contribution in [2.24, 2.45) is 0 Å². The van der Waals surface area contributed by atoms with Gasteiger partial charge >= 0.3 is 0 Å². The summed E-state index contributed by atoms with van der Waals surface area (Å²) in [7, 11) is 0. The fourth-order valence-electron chi connectivity index (χ4n) is 1.19. The van der Waals surface area contributed by atoms with Gasteiger partial charge in [-0.2, -0.15) is 0 Å². The van der Waals surface area contributed by atoms with Crippen LogP contribution in [0.2, 0.25) is 0 Å². The molecule has 0 aromatic carbocycles. The van der Waals surface area contributed by atoms with Crippen molar-refractivity contribution >= 4 is 0 Å². The molecule has 1 saturated heterocycles. The zero-order valence-electron chi connectivity index (χ0n) is 8.92. The minimum Gasteiger partial charge on any atom is -0.378 e. The Kier molecular flexibility index (Phi) is 6.29. The molecular weight excluding hydrogens is 168 g/mol. The first-order valence-electron chi connectivity index (χ1n) is 5.00. The van der Waals surface area contributed by atoms with E-state index in [4.69, 9.17) is 14.9 Å². The third-order valence-corrected chi connectivity index (χ3v) is 1.63. The lowest BCUT2D eigenvalue weighted by molar-refractivity contribution is -0.127. The maximum atomic E-state index is 8.08. The summed E-state index contributed by atoms with van der Waals surface area (Å²) < 4.78 is 5.39. The van der Waals surface area contributed by atoms with Crippen LogP contribution in [-0.4, -0.2) is 28.7 Å². The van der Waals surface area contributed by atoms with Gasteiger partial charge in [-0.3, -0.25) is 0 Å². The zero-order valence-corrected chi connectivity index (χ0v) is 8.92. The summed E-state index contributed by atoms with van der Waals surface area (Å²) in [4.78, 5) is 0. The first kappa shape index (κ1) is 12.9. The topological polar surface area (TPSA) is 49.7 Å². The van der Waals surface area contributed by atoms with Gasteiger partial charge < -0.3 is 14.9 Å². The average Bonchev–Trinajstić information content (AvgIpc) is 2.36. The van der Waals surface area contributed by atoms with E-state index in [0.717, 1.165) is 6.61 Å². The fraction of sp³-hybridized carbons (Fsp3) is 1.00. The summed E-state index contributed by atoms with van der Waals surface area (Å²) in [5, 5.41) is 16.2. The summed E-state index contributed by atoms with van der Waals surface area (Å²) in [6.45, 7) is 5.81. The van der Waals surface area contributed by atoms with Crippen LogP contribution in [0.15, 0.2) is 0 Å². The molecule has 80 valence electrons. The summed E-state index contributed by atoms with van der Waals surface area (Å²) in [5.41, 5.74) is 0. The molecule has 2 N–H and O–H groups in total. The third-order valence-electron chi connectivity index (χ3n) is 1.63. The molecule has 0 spiro atoms. The fourth-order valence-corrected chi connectivity index (χ4v) is 1.19. The van der Waals surface area contributed by atoms with Gasteiger partial charge in [-0.25, -0.2) is 0 Å². The van der Waals surface area contributed by atoms with Crippen molar-refractivity contribution in [3.63, 3.8) is 0 Å². The Morgan fingerprint density at radius 2 is 1.92 bits per heavy atom. The molecule has 1 fully saturated rings. The molecule has 13 heavy (non-hydrogen) atoms. The van der Waals surface area contributed by atoms with Crippen LogP contribution >= 0.6 is 0 Å². The van der Waals surface area contributed by atoms with Gasteiger partial charge in [-0.15, -0.1) is 0 Å². The Labute approximate surface area is 80.7 Å². The molecule has 1 heterocycles. The molecule has 0 radical (unpaired) electrons. The van der Waals surface area contributed by atoms with E-state index in [1.54, 1.807) is 0 Å². The molecule has 0 aromatic rings. The SMILES string of the molecule is CC(C)(O)O.CCCC1CCCO1. The van der Waals surface area contributed by atoms with Crippen molar-refractivity contribution in [1.29, 1.82) is 0 Å². The van der Waals surface area contributed by atoms with Gasteiger partial charge in [0.25, 0.3) is 0 Å².